The van der Waals surface area contributed by atoms with E-state index in [1.807, 2.05) is 0 Å². The molecular weight excluding hydrogens is 542 g/mol. The number of hydrogen-bond donors (Lipinski definition) is 5. The lowest BCUT2D eigenvalue weighted by molar-refractivity contribution is -0.239. The van der Waals surface area contributed by atoms with Gasteiger partial charge in [0.15, 0.2) is 0 Å². The van der Waals surface area contributed by atoms with Gasteiger partial charge in [0, 0.05) is 44.9 Å². The minimum atomic E-state index is -0.489. The second kappa shape index (κ2) is 13.6. The van der Waals surface area contributed by atoms with Gasteiger partial charge in [-0.1, -0.05) is 54.4 Å². The molecule has 0 heterocycles. The smallest absolute Gasteiger partial charge is 0.302 e. The van der Waals surface area contributed by atoms with Gasteiger partial charge in [-0.2, -0.15) is 0 Å². The largest absolute Gasteiger partial charge is 0.462 e. The Labute approximate surface area is 261 Å². The van der Waals surface area contributed by atoms with Gasteiger partial charge in [-0.15, -0.1) is 0 Å². The van der Waals surface area contributed by atoms with Gasteiger partial charge in [0.25, 0.3) is 0 Å². The van der Waals surface area contributed by atoms with Gasteiger partial charge in [-0.05, 0) is 90.8 Å². The number of amides is 1. The molecule has 0 radical (unpaired) electrons. The average Bonchev–Trinajstić information content (AvgIpc) is 3.19. The van der Waals surface area contributed by atoms with E-state index < -0.39 is 6.10 Å². The molecule has 0 spiro atoms. The second-order valence-corrected chi connectivity index (χ2v) is 16.0. The number of carbonyl (C=O) groups is 2. The summed E-state index contributed by atoms with van der Waals surface area (Å²) in [6, 6.07) is 0. The van der Waals surface area contributed by atoms with Gasteiger partial charge < -0.3 is 31.3 Å². The minimum absolute atomic E-state index is 0.0391. The predicted molar refractivity (Wildman–Crippen MR) is 170 cm³/mol. The Morgan fingerprint density at radius 3 is 2.35 bits per heavy atom. The van der Waals surface area contributed by atoms with Gasteiger partial charge in [-0.3, -0.25) is 9.59 Å². The van der Waals surface area contributed by atoms with Crippen molar-refractivity contribution in [2.45, 2.75) is 125 Å². The van der Waals surface area contributed by atoms with Crippen LogP contribution < -0.4 is 16.4 Å². The zero-order valence-electron chi connectivity index (χ0n) is 28.2. The summed E-state index contributed by atoms with van der Waals surface area (Å²) in [6.45, 7) is 17.7. The fraction of sp³-hybridized carbons (Fsp3) is 0.943. The number of ether oxygens (including phenoxy) is 1. The average molecular weight is 606 g/mol. The minimum Gasteiger partial charge on any atom is -0.462 e. The van der Waals surface area contributed by atoms with Gasteiger partial charge in [-0.25, -0.2) is 0 Å². The molecule has 4 rings (SSSR count). The molecule has 248 valence electrons. The number of hydrogen-bond acceptors (Lipinski definition) is 7. The van der Waals surface area contributed by atoms with Crippen molar-refractivity contribution in [1.29, 1.82) is 0 Å². The van der Waals surface area contributed by atoms with E-state index in [0.717, 1.165) is 51.4 Å². The molecule has 0 aliphatic heterocycles. The lowest BCUT2D eigenvalue weighted by Crippen LogP contribution is -2.66. The van der Waals surface area contributed by atoms with Crippen LogP contribution in [0, 0.1) is 57.7 Å². The van der Waals surface area contributed by atoms with Crippen LogP contribution in [0.2, 0.25) is 0 Å². The molecule has 4 saturated carbocycles. The monoisotopic (exact) mass is 605 g/mol. The number of esters is 1. The SMILES string of the molecule is CC(=O)O[C@H]1C[C@@]2(C)C(C[C@@H](O)C3[C@@]4(C)CC[C@H](O)[C@@H](C)C4CC[C@@]32C)[C@@H]1[C@H](CCCC(C)C)C(=O)NCCNCCN. The van der Waals surface area contributed by atoms with Crippen molar-refractivity contribution >= 4 is 11.9 Å². The van der Waals surface area contributed by atoms with Crippen LogP contribution in [0.1, 0.15) is 106 Å². The van der Waals surface area contributed by atoms with Crippen molar-refractivity contribution in [3.8, 4) is 0 Å². The van der Waals surface area contributed by atoms with Crippen LogP contribution in [0.4, 0.5) is 0 Å². The Kier molecular flexibility index (Phi) is 11.0. The maximum atomic E-state index is 14.0. The maximum Gasteiger partial charge on any atom is 0.302 e. The standard InChI is InChI=1S/C35H63N3O5/c1-21(2)9-8-10-24(32(42)38-18-17-37-16-15-36)30-26-19-28(41)31-33(5)13-12-27(40)22(3)25(33)11-14-34(31,6)35(26,7)20-29(30)43-23(4)39/h21-22,24-31,37,40-41H,8-20,36H2,1-7H3,(H,38,42)/t22-,24-,25?,26?,27-,28+,29-,30-,31?,33-,34-,35-/m0/s1. The number of fused-ring (bicyclic) bond motifs is 5. The summed E-state index contributed by atoms with van der Waals surface area (Å²) in [5.41, 5.74) is 5.20. The summed E-state index contributed by atoms with van der Waals surface area (Å²) in [5, 5.41) is 29.4. The van der Waals surface area contributed by atoms with E-state index in [1.165, 1.54) is 6.92 Å². The quantitative estimate of drug-likeness (QED) is 0.166. The van der Waals surface area contributed by atoms with E-state index in [2.05, 4.69) is 52.2 Å². The second-order valence-electron chi connectivity index (χ2n) is 16.0. The van der Waals surface area contributed by atoms with Crippen molar-refractivity contribution < 1.29 is 24.5 Å². The summed E-state index contributed by atoms with van der Waals surface area (Å²) in [4.78, 5) is 26.6. The highest BCUT2D eigenvalue weighted by atomic mass is 16.5. The molecule has 8 nitrogen and oxygen atoms in total. The first-order chi connectivity index (χ1) is 20.2. The maximum absolute atomic E-state index is 14.0. The zero-order valence-corrected chi connectivity index (χ0v) is 28.2. The third-order valence-electron chi connectivity index (χ3n) is 13.3. The van der Waals surface area contributed by atoms with Crippen LogP contribution in [-0.2, 0) is 14.3 Å². The zero-order chi connectivity index (χ0) is 31.7. The fourth-order valence-corrected chi connectivity index (χ4v) is 11.2. The number of aliphatic hydroxyl groups is 2. The molecule has 0 aromatic heterocycles. The van der Waals surface area contributed by atoms with Crippen molar-refractivity contribution in [1.82, 2.24) is 10.6 Å². The lowest BCUT2D eigenvalue weighted by atomic mass is 9.36. The Balaban J connectivity index is 1.69. The van der Waals surface area contributed by atoms with Crippen LogP contribution in [0.5, 0.6) is 0 Å². The molecule has 0 saturated heterocycles. The number of nitrogens with one attached hydrogen (secondary N) is 2. The van der Waals surface area contributed by atoms with E-state index >= 15 is 0 Å². The van der Waals surface area contributed by atoms with E-state index in [-0.39, 0.29) is 69.9 Å². The lowest BCUT2D eigenvalue weighted by Gasteiger charge is -2.69. The van der Waals surface area contributed by atoms with Gasteiger partial charge in [0.05, 0.1) is 12.2 Å². The topological polar surface area (TPSA) is 134 Å². The molecule has 1 amide bonds. The fourth-order valence-electron chi connectivity index (χ4n) is 11.2. The number of nitrogens with two attached hydrogens (primary N) is 1. The van der Waals surface area contributed by atoms with Crippen molar-refractivity contribution in [2.24, 2.45) is 63.4 Å². The first-order valence-corrected chi connectivity index (χ1v) is 17.4. The third kappa shape index (κ3) is 6.41. The third-order valence-corrected chi connectivity index (χ3v) is 13.3. The Bertz CT molecular complexity index is 977. The first kappa shape index (κ1) is 34.6. The Morgan fingerprint density at radius 2 is 1.70 bits per heavy atom. The van der Waals surface area contributed by atoms with Crippen LogP contribution in [-0.4, -0.2) is 66.6 Å². The summed E-state index contributed by atoms with van der Waals surface area (Å²) in [7, 11) is 0. The molecule has 4 fully saturated rings. The van der Waals surface area contributed by atoms with Gasteiger partial charge >= 0.3 is 5.97 Å². The summed E-state index contributed by atoms with van der Waals surface area (Å²) >= 11 is 0. The molecule has 43 heavy (non-hydrogen) atoms. The first-order valence-electron chi connectivity index (χ1n) is 17.4. The Hall–Kier alpha value is -1.22. The Morgan fingerprint density at radius 1 is 0.977 bits per heavy atom. The van der Waals surface area contributed by atoms with Crippen LogP contribution in [0.3, 0.4) is 0 Å². The molecule has 12 atom stereocenters. The summed E-state index contributed by atoms with van der Waals surface area (Å²) in [5.74, 6) is 0.656. The van der Waals surface area contributed by atoms with Crippen molar-refractivity contribution in [2.75, 3.05) is 26.2 Å². The van der Waals surface area contributed by atoms with E-state index in [1.54, 1.807) is 0 Å². The van der Waals surface area contributed by atoms with Crippen molar-refractivity contribution in [3.05, 3.63) is 0 Å². The van der Waals surface area contributed by atoms with E-state index in [4.69, 9.17) is 10.5 Å². The van der Waals surface area contributed by atoms with Crippen LogP contribution in [0.15, 0.2) is 0 Å². The normalized spacial score (nSPS) is 43.0. The molecule has 3 unspecified atom stereocenters. The number of rotatable bonds is 12. The number of aliphatic hydroxyl groups excluding tert-OH is 2. The molecule has 6 N–H and O–H groups in total. The highest BCUT2D eigenvalue weighted by molar-refractivity contribution is 5.79. The molecule has 0 aromatic carbocycles. The molecular formula is C35H63N3O5. The van der Waals surface area contributed by atoms with E-state index in [0.29, 0.717) is 44.4 Å². The van der Waals surface area contributed by atoms with E-state index in [9.17, 15) is 19.8 Å². The summed E-state index contributed by atoms with van der Waals surface area (Å²) < 4.78 is 6.16. The molecule has 8 heteroatoms. The summed E-state index contributed by atoms with van der Waals surface area (Å²) in [6.07, 6.45) is 6.71. The highest BCUT2D eigenvalue weighted by Crippen LogP contribution is 2.74. The predicted octanol–water partition coefficient (Wildman–Crippen LogP) is 4.26. The number of carbonyl (C=O) groups excluding carboxylic acids is 2. The highest BCUT2D eigenvalue weighted by Gasteiger charge is 2.72. The molecule has 4 aliphatic carbocycles. The van der Waals surface area contributed by atoms with Gasteiger partial charge in [0.1, 0.15) is 6.10 Å². The van der Waals surface area contributed by atoms with Crippen molar-refractivity contribution in [3.63, 3.8) is 0 Å². The van der Waals surface area contributed by atoms with Gasteiger partial charge in [0.2, 0.25) is 5.91 Å². The molecule has 0 bridgehead atoms. The molecule has 4 aliphatic rings. The van der Waals surface area contributed by atoms with Crippen LogP contribution in [0.25, 0.3) is 0 Å². The van der Waals surface area contributed by atoms with Crippen LogP contribution >= 0.6 is 0 Å². The molecule has 0 aromatic rings.